The average molecular weight is 327 g/mol. The summed E-state index contributed by atoms with van der Waals surface area (Å²) in [6, 6.07) is 10.2. The summed E-state index contributed by atoms with van der Waals surface area (Å²) in [7, 11) is 0. The third-order valence-electron chi connectivity index (χ3n) is 4.94. The number of aromatic nitrogens is 2. The lowest BCUT2D eigenvalue weighted by Gasteiger charge is -2.32. The van der Waals surface area contributed by atoms with Crippen LogP contribution in [0.15, 0.2) is 36.5 Å². The standard InChI is InChI=1S/C20H29N3O/c1-16(2)19-17(13-21-15-20(24)11-7-4-8-12-20)14-23(22-19)18-9-5-3-6-10-18/h3,5-6,9-10,14,16,21,24H,4,7-8,11-13,15H2,1-2H3. The van der Waals surface area contributed by atoms with E-state index in [2.05, 4.69) is 37.5 Å². The van der Waals surface area contributed by atoms with Gasteiger partial charge in [0.05, 0.1) is 17.0 Å². The van der Waals surface area contributed by atoms with Gasteiger partial charge in [0.15, 0.2) is 0 Å². The predicted molar refractivity (Wildman–Crippen MR) is 97.4 cm³/mol. The minimum Gasteiger partial charge on any atom is -0.389 e. The number of nitrogens with zero attached hydrogens (tertiary/aromatic N) is 2. The summed E-state index contributed by atoms with van der Waals surface area (Å²) < 4.78 is 1.96. The number of hydrogen-bond donors (Lipinski definition) is 2. The van der Waals surface area contributed by atoms with Crippen molar-refractivity contribution in [2.24, 2.45) is 0 Å². The highest BCUT2D eigenvalue weighted by Gasteiger charge is 2.28. The molecule has 0 aliphatic heterocycles. The summed E-state index contributed by atoms with van der Waals surface area (Å²) in [5.41, 5.74) is 2.90. The molecule has 0 bridgehead atoms. The third-order valence-corrected chi connectivity index (χ3v) is 4.94. The van der Waals surface area contributed by atoms with Crippen molar-refractivity contribution in [3.63, 3.8) is 0 Å². The molecule has 2 N–H and O–H groups in total. The summed E-state index contributed by atoms with van der Waals surface area (Å²) in [4.78, 5) is 0. The lowest BCUT2D eigenvalue weighted by Crippen LogP contribution is -2.41. The highest BCUT2D eigenvalue weighted by Crippen LogP contribution is 2.27. The van der Waals surface area contributed by atoms with Crippen LogP contribution in [0.5, 0.6) is 0 Å². The fourth-order valence-corrected chi connectivity index (χ4v) is 3.57. The fourth-order valence-electron chi connectivity index (χ4n) is 3.57. The number of benzene rings is 1. The zero-order valence-corrected chi connectivity index (χ0v) is 14.8. The van der Waals surface area contributed by atoms with Crippen LogP contribution in [0.4, 0.5) is 0 Å². The Bertz CT molecular complexity index is 642. The summed E-state index contributed by atoms with van der Waals surface area (Å²) in [5, 5.41) is 18.9. The number of rotatable bonds is 6. The first kappa shape index (κ1) is 17.2. The van der Waals surface area contributed by atoms with Gasteiger partial charge < -0.3 is 10.4 Å². The van der Waals surface area contributed by atoms with Crippen molar-refractivity contribution in [1.29, 1.82) is 0 Å². The molecule has 1 aliphatic rings. The molecule has 4 nitrogen and oxygen atoms in total. The summed E-state index contributed by atoms with van der Waals surface area (Å²) >= 11 is 0. The maximum Gasteiger partial charge on any atom is 0.0771 e. The largest absolute Gasteiger partial charge is 0.389 e. The molecule has 1 aromatic carbocycles. The Morgan fingerprint density at radius 2 is 1.88 bits per heavy atom. The topological polar surface area (TPSA) is 50.1 Å². The molecule has 0 spiro atoms. The number of hydrogen-bond acceptors (Lipinski definition) is 3. The second-order valence-electron chi connectivity index (χ2n) is 7.36. The van der Waals surface area contributed by atoms with Gasteiger partial charge >= 0.3 is 0 Å². The van der Waals surface area contributed by atoms with Crippen molar-refractivity contribution in [2.75, 3.05) is 6.54 Å². The van der Waals surface area contributed by atoms with Crippen molar-refractivity contribution in [1.82, 2.24) is 15.1 Å². The molecule has 1 fully saturated rings. The van der Waals surface area contributed by atoms with E-state index in [-0.39, 0.29) is 0 Å². The molecule has 130 valence electrons. The van der Waals surface area contributed by atoms with Crippen LogP contribution in [-0.4, -0.2) is 27.0 Å². The second-order valence-corrected chi connectivity index (χ2v) is 7.36. The first-order valence-electron chi connectivity index (χ1n) is 9.14. The number of aliphatic hydroxyl groups is 1. The van der Waals surface area contributed by atoms with Crippen LogP contribution in [0.25, 0.3) is 5.69 Å². The summed E-state index contributed by atoms with van der Waals surface area (Å²) in [6.45, 7) is 5.77. The van der Waals surface area contributed by atoms with Gasteiger partial charge in [0.1, 0.15) is 0 Å². The zero-order chi connectivity index (χ0) is 17.0. The van der Waals surface area contributed by atoms with Crippen LogP contribution in [-0.2, 0) is 6.54 Å². The SMILES string of the molecule is CC(C)c1nn(-c2ccccc2)cc1CNCC1(O)CCCCC1. The van der Waals surface area contributed by atoms with Gasteiger partial charge in [-0.1, -0.05) is 51.3 Å². The fraction of sp³-hybridized carbons (Fsp3) is 0.550. The van der Waals surface area contributed by atoms with E-state index in [0.717, 1.165) is 43.6 Å². The Morgan fingerprint density at radius 3 is 2.54 bits per heavy atom. The van der Waals surface area contributed by atoms with Crippen LogP contribution < -0.4 is 5.32 Å². The van der Waals surface area contributed by atoms with Gasteiger partial charge in [-0.25, -0.2) is 4.68 Å². The van der Waals surface area contributed by atoms with Crippen molar-refractivity contribution in [3.8, 4) is 5.69 Å². The van der Waals surface area contributed by atoms with Gasteiger partial charge in [-0.2, -0.15) is 5.10 Å². The maximum atomic E-state index is 10.6. The Labute approximate surface area is 144 Å². The van der Waals surface area contributed by atoms with E-state index in [9.17, 15) is 5.11 Å². The van der Waals surface area contributed by atoms with Crippen LogP contribution in [0.2, 0.25) is 0 Å². The molecule has 0 saturated heterocycles. The molecule has 0 unspecified atom stereocenters. The van der Waals surface area contributed by atoms with Gasteiger partial charge in [0.2, 0.25) is 0 Å². The predicted octanol–water partition coefficient (Wildman–Crippen LogP) is 3.78. The van der Waals surface area contributed by atoms with Crippen LogP contribution in [0.3, 0.4) is 0 Å². The van der Waals surface area contributed by atoms with Crippen LogP contribution in [0.1, 0.15) is 63.1 Å². The van der Waals surface area contributed by atoms with E-state index in [1.165, 1.54) is 12.0 Å². The lowest BCUT2D eigenvalue weighted by molar-refractivity contribution is 0.00466. The molecule has 1 aromatic heterocycles. The van der Waals surface area contributed by atoms with E-state index in [4.69, 9.17) is 5.10 Å². The second kappa shape index (κ2) is 7.49. The minimum atomic E-state index is -0.522. The molecular formula is C20H29N3O. The van der Waals surface area contributed by atoms with Gasteiger partial charge in [0, 0.05) is 24.8 Å². The van der Waals surface area contributed by atoms with E-state index >= 15 is 0 Å². The van der Waals surface area contributed by atoms with Crippen molar-refractivity contribution in [3.05, 3.63) is 47.8 Å². The van der Waals surface area contributed by atoms with E-state index < -0.39 is 5.60 Å². The molecule has 2 aromatic rings. The van der Waals surface area contributed by atoms with E-state index in [0.29, 0.717) is 12.5 Å². The summed E-state index contributed by atoms with van der Waals surface area (Å²) in [6.07, 6.45) is 7.48. The van der Waals surface area contributed by atoms with E-state index in [1.54, 1.807) is 0 Å². The molecular weight excluding hydrogens is 298 g/mol. The van der Waals surface area contributed by atoms with Gasteiger partial charge in [-0.15, -0.1) is 0 Å². The quantitative estimate of drug-likeness (QED) is 0.849. The van der Waals surface area contributed by atoms with Crippen molar-refractivity contribution >= 4 is 0 Å². The third kappa shape index (κ3) is 4.05. The normalized spacial score (nSPS) is 17.3. The Hall–Kier alpha value is -1.65. The number of para-hydroxylation sites is 1. The van der Waals surface area contributed by atoms with E-state index in [1.807, 2.05) is 22.9 Å². The van der Waals surface area contributed by atoms with Crippen molar-refractivity contribution < 1.29 is 5.11 Å². The lowest BCUT2D eigenvalue weighted by atomic mass is 9.85. The molecule has 3 rings (SSSR count). The highest BCUT2D eigenvalue weighted by atomic mass is 16.3. The first-order chi connectivity index (χ1) is 11.6. The zero-order valence-electron chi connectivity index (χ0n) is 14.8. The Balaban J connectivity index is 1.69. The molecule has 0 radical (unpaired) electrons. The first-order valence-corrected chi connectivity index (χ1v) is 9.14. The molecule has 4 heteroatoms. The monoisotopic (exact) mass is 327 g/mol. The smallest absolute Gasteiger partial charge is 0.0771 e. The Kier molecular flexibility index (Phi) is 5.36. The maximum absolute atomic E-state index is 10.6. The minimum absolute atomic E-state index is 0.379. The van der Waals surface area contributed by atoms with Gasteiger partial charge in [-0.05, 0) is 30.9 Å². The van der Waals surface area contributed by atoms with Gasteiger partial charge in [-0.3, -0.25) is 0 Å². The molecule has 1 aliphatic carbocycles. The van der Waals surface area contributed by atoms with Crippen molar-refractivity contribution in [2.45, 2.75) is 64.0 Å². The highest BCUT2D eigenvalue weighted by molar-refractivity contribution is 5.33. The van der Waals surface area contributed by atoms with Crippen LogP contribution in [0, 0.1) is 0 Å². The van der Waals surface area contributed by atoms with Crippen LogP contribution >= 0.6 is 0 Å². The number of nitrogens with one attached hydrogen (secondary N) is 1. The summed E-state index contributed by atoms with van der Waals surface area (Å²) in [5.74, 6) is 0.379. The molecule has 1 saturated carbocycles. The molecule has 0 atom stereocenters. The average Bonchev–Trinajstić information content (AvgIpc) is 3.01. The Morgan fingerprint density at radius 1 is 1.17 bits per heavy atom. The molecule has 0 amide bonds. The molecule has 24 heavy (non-hydrogen) atoms. The van der Waals surface area contributed by atoms with Gasteiger partial charge in [0.25, 0.3) is 0 Å². The molecule has 1 heterocycles.